The maximum Gasteiger partial charge on any atom is 0.248 e. The molecule has 128 valence electrons. The van der Waals surface area contributed by atoms with Crippen LogP contribution in [0.1, 0.15) is 38.4 Å². The summed E-state index contributed by atoms with van der Waals surface area (Å²) in [6, 6.07) is 17.9. The van der Waals surface area contributed by atoms with E-state index in [1.165, 1.54) is 5.69 Å². The predicted molar refractivity (Wildman–Crippen MR) is 106 cm³/mol. The van der Waals surface area contributed by atoms with Gasteiger partial charge in [-0.25, -0.2) is 0 Å². The number of carbonyl (C=O) groups is 1. The third kappa shape index (κ3) is 4.00. The zero-order chi connectivity index (χ0) is 17.9. The number of aromatic nitrogens is 1. The Labute approximate surface area is 148 Å². The number of amides is 1. The number of anilines is 1. The molecule has 0 aliphatic heterocycles. The standard InChI is InChI=1S/C22H24N2O/c1-4-22(2,3)20-15-17-14-18(11-12-19(17)24-20)23-21(25)13-10-16-8-6-5-7-9-16/h5-15,24H,4H2,1-3H3,(H,23,25)/b13-10+. The number of H-pyrrole nitrogens is 1. The highest BCUT2D eigenvalue weighted by atomic mass is 16.1. The van der Waals surface area contributed by atoms with Crippen molar-refractivity contribution in [2.24, 2.45) is 0 Å². The van der Waals surface area contributed by atoms with Crippen molar-refractivity contribution >= 4 is 28.6 Å². The molecule has 25 heavy (non-hydrogen) atoms. The van der Waals surface area contributed by atoms with Crippen LogP contribution in [0.3, 0.4) is 0 Å². The topological polar surface area (TPSA) is 44.9 Å². The summed E-state index contributed by atoms with van der Waals surface area (Å²) in [6.45, 7) is 6.65. The van der Waals surface area contributed by atoms with E-state index in [4.69, 9.17) is 0 Å². The van der Waals surface area contributed by atoms with E-state index in [2.05, 4.69) is 37.1 Å². The molecular formula is C22H24N2O. The summed E-state index contributed by atoms with van der Waals surface area (Å²) in [7, 11) is 0. The molecule has 0 aliphatic rings. The van der Waals surface area contributed by atoms with Gasteiger partial charge in [0.25, 0.3) is 0 Å². The fraction of sp³-hybridized carbons (Fsp3) is 0.227. The molecule has 3 rings (SSSR count). The Morgan fingerprint density at radius 2 is 1.88 bits per heavy atom. The second-order valence-electron chi connectivity index (χ2n) is 6.96. The molecule has 0 unspecified atom stereocenters. The van der Waals surface area contributed by atoms with Crippen molar-refractivity contribution in [1.29, 1.82) is 0 Å². The molecular weight excluding hydrogens is 308 g/mol. The Kier molecular flexibility index (Phi) is 4.75. The van der Waals surface area contributed by atoms with Crippen LogP contribution < -0.4 is 5.32 Å². The average molecular weight is 332 g/mol. The van der Waals surface area contributed by atoms with Crippen LogP contribution in [0.2, 0.25) is 0 Å². The number of rotatable bonds is 5. The maximum atomic E-state index is 12.1. The minimum atomic E-state index is -0.132. The van der Waals surface area contributed by atoms with Gasteiger partial charge in [0, 0.05) is 33.8 Å². The number of hydrogen-bond donors (Lipinski definition) is 2. The van der Waals surface area contributed by atoms with Crippen molar-refractivity contribution in [3.05, 3.63) is 71.9 Å². The van der Waals surface area contributed by atoms with E-state index in [9.17, 15) is 4.79 Å². The molecule has 1 amide bonds. The van der Waals surface area contributed by atoms with Gasteiger partial charge in [-0.1, -0.05) is 51.1 Å². The van der Waals surface area contributed by atoms with Crippen LogP contribution in [0.4, 0.5) is 5.69 Å². The van der Waals surface area contributed by atoms with Crippen LogP contribution in [0.5, 0.6) is 0 Å². The number of benzene rings is 2. The van der Waals surface area contributed by atoms with Gasteiger partial charge in [0.05, 0.1) is 0 Å². The number of hydrogen-bond acceptors (Lipinski definition) is 1. The molecule has 0 spiro atoms. The highest BCUT2D eigenvalue weighted by Gasteiger charge is 2.20. The summed E-state index contributed by atoms with van der Waals surface area (Å²) in [5.41, 5.74) is 4.23. The lowest BCUT2D eigenvalue weighted by atomic mass is 9.86. The molecule has 0 atom stereocenters. The Hall–Kier alpha value is -2.81. The molecule has 3 aromatic rings. The van der Waals surface area contributed by atoms with Crippen molar-refractivity contribution in [3.8, 4) is 0 Å². The Morgan fingerprint density at radius 3 is 2.60 bits per heavy atom. The monoisotopic (exact) mass is 332 g/mol. The summed E-state index contributed by atoms with van der Waals surface area (Å²) in [5.74, 6) is -0.132. The number of nitrogens with one attached hydrogen (secondary N) is 2. The van der Waals surface area contributed by atoms with Crippen LogP contribution in [-0.4, -0.2) is 10.9 Å². The summed E-state index contributed by atoms with van der Waals surface area (Å²) in [4.78, 5) is 15.6. The van der Waals surface area contributed by atoms with E-state index in [0.29, 0.717) is 0 Å². The quantitative estimate of drug-likeness (QED) is 0.595. The summed E-state index contributed by atoms with van der Waals surface area (Å²) >= 11 is 0. The number of carbonyl (C=O) groups excluding carboxylic acids is 1. The van der Waals surface area contributed by atoms with E-state index in [0.717, 1.165) is 28.6 Å². The van der Waals surface area contributed by atoms with Gasteiger partial charge in [0.15, 0.2) is 0 Å². The lowest BCUT2D eigenvalue weighted by molar-refractivity contribution is -0.111. The largest absolute Gasteiger partial charge is 0.358 e. The van der Waals surface area contributed by atoms with Crippen molar-refractivity contribution in [2.75, 3.05) is 5.32 Å². The Bertz CT molecular complexity index is 904. The highest BCUT2D eigenvalue weighted by Crippen LogP contribution is 2.30. The van der Waals surface area contributed by atoms with Gasteiger partial charge >= 0.3 is 0 Å². The van der Waals surface area contributed by atoms with Crippen LogP contribution in [0, 0.1) is 0 Å². The SMILES string of the molecule is CCC(C)(C)c1cc2cc(NC(=O)/C=C/c3ccccc3)ccc2[nH]1. The molecule has 0 aliphatic carbocycles. The third-order valence-electron chi connectivity index (χ3n) is 4.73. The van der Waals surface area contributed by atoms with Gasteiger partial charge in [-0.3, -0.25) is 4.79 Å². The van der Waals surface area contributed by atoms with E-state index >= 15 is 0 Å². The second-order valence-corrected chi connectivity index (χ2v) is 6.96. The van der Waals surface area contributed by atoms with Crippen LogP contribution in [0.15, 0.2) is 60.7 Å². The van der Waals surface area contributed by atoms with Gasteiger partial charge in [-0.05, 0) is 42.3 Å². The normalized spacial score (nSPS) is 12.0. The smallest absolute Gasteiger partial charge is 0.248 e. The van der Waals surface area contributed by atoms with Crippen molar-refractivity contribution in [2.45, 2.75) is 32.6 Å². The Balaban J connectivity index is 1.75. The lowest BCUT2D eigenvalue weighted by Gasteiger charge is -2.20. The van der Waals surface area contributed by atoms with Crippen LogP contribution in [0.25, 0.3) is 17.0 Å². The minimum Gasteiger partial charge on any atom is -0.358 e. The fourth-order valence-electron chi connectivity index (χ4n) is 2.69. The maximum absolute atomic E-state index is 12.1. The molecule has 2 N–H and O–H groups in total. The lowest BCUT2D eigenvalue weighted by Crippen LogP contribution is -2.15. The van der Waals surface area contributed by atoms with Gasteiger partial charge in [-0.2, -0.15) is 0 Å². The molecule has 3 heteroatoms. The highest BCUT2D eigenvalue weighted by molar-refractivity contribution is 6.03. The zero-order valence-corrected chi connectivity index (χ0v) is 15.0. The van der Waals surface area contributed by atoms with E-state index in [-0.39, 0.29) is 11.3 Å². The van der Waals surface area contributed by atoms with E-state index in [1.807, 2.05) is 54.6 Å². The van der Waals surface area contributed by atoms with E-state index < -0.39 is 0 Å². The van der Waals surface area contributed by atoms with Crippen molar-refractivity contribution in [1.82, 2.24) is 4.98 Å². The van der Waals surface area contributed by atoms with Gasteiger partial charge < -0.3 is 10.3 Å². The van der Waals surface area contributed by atoms with Crippen molar-refractivity contribution < 1.29 is 4.79 Å². The first-order valence-corrected chi connectivity index (χ1v) is 8.65. The van der Waals surface area contributed by atoms with Gasteiger partial charge in [0.1, 0.15) is 0 Å². The average Bonchev–Trinajstić information content (AvgIpc) is 3.05. The van der Waals surface area contributed by atoms with Gasteiger partial charge in [0.2, 0.25) is 5.91 Å². The predicted octanol–water partition coefficient (Wildman–Crippen LogP) is 5.51. The molecule has 0 saturated heterocycles. The molecule has 2 aromatic carbocycles. The first-order valence-electron chi connectivity index (χ1n) is 8.65. The summed E-state index contributed by atoms with van der Waals surface area (Å²) in [5, 5.41) is 4.04. The third-order valence-corrected chi connectivity index (χ3v) is 4.73. The summed E-state index contributed by atoms with van der Waals surface area (Å²) < 4.78 is 0. The minimum absolute atomic E-state index is 0.112. The molecule has 0 saturated carbocycles. The Morgan fingerprint density at radius 1 is 1.12 bits per heavy atom. The molecule has 0 fully saturated rings. The first-order chi connectivity index (χ1) is 12.0. The zero-order valence-electron chi connectivity index (χ0n) is 15.0. The van der Waals surface area contributed by atoms with Crippen LogP contribution in [-0.2, 0) is 10.2 Å². The van der Waals surface area contributed by atoms with E-state index in [1.54, 1.807) is 6.08 Å². The molecule has 0 radical (unpaired) electrons. The number of fused-ring (bicyclic) bond motifs is 1. The summed E-state index contributed by atoms with van der Waals surface area (Å²) in [6.07, 6.45) is 4.43. The second kappa shape index (κ2) is 6.98. The van der Waals surface area contributed by atoms with Crippen LogP contribution >= 0.6 is 0 Å². The first kappa shape index (κ1) is 17.0. The molecule has 1 aromatic heterocycles. The molecule has 0 bridgehead atoms. The van der Waals surface area contributed by atoms with Gasteiger partial charge in [-0.15, -0.1) is 0 Å². The number of aromatic amines is 1. The fourth-order valence-corrected chi connectivity index (χ4v) is 2.69. The molecule has 3 nitrogen and oxygen atoms in total. The molecule has 1 heterocycles. The van der Waals surface area contributed by atoms with Crippen molar-refractivity contribution in [3.63, 3.8) is 0 Å².